The summed E-state index contributed by atoms with van der Waals surface area (Å²) >= 11 is 3.35. The quantitative estimate of drug-likeness (QED) is 0.332. The SMILES string of the molecule is CSCC[C@@H](C=O)CC(=O)C1(NC(=O)c2ccc(-c3csc(N4CCC(N5CCOCC5)CC4)n3)cc2)CCCCC1. The van der Waals surface area contributed by atoms with Crippen LogP contribution >= 0.6 is 23.1 Å². The number of benzene rings is 1. The highest BCUT2D eigenvalue weighted by molar-refractivity contribution is 7.98. The number of ether oxygens (including phenoxy) is 1. The predicted molar refractivity (Wildman–Crippen MR) is 171 cm³/mol. The van der Waals surface area contributed by atoms with Crippen LogP contribution in [0.2, 0.25) is 0 Å². The number of hydrogen-bond donors (Lipinski definition) is 1. The number of piperidine rings is 1. The van der Waals surface area contributed by atoms with Crippen molar-refractivity contribution in [1.29, 1.82) is 0 Å². The Morgan fingerprint density at radius 1 is 1.12 bits per heavy atom. The summed E-state index contributed by atoms with van der Waals surface area (Å²) in [5.41, 5.74) is 1.55. The molecule has 42 heavy (non-hydrogen) atoms. The van der Waals surface area contributed by atoms with Gasteiger partial charge in [-0.25, -0.2) is 4.98 Å². The summed E-state index contributed by atoms with van der Waals surface area (Å²) in [6.07, 6.45) is 10.2. The molecule has 1 amide bonds. The Labute approximate surface area is 258 Å². The van der Waals surface area contributed by atoms with E-state index in [1.807, 2.05) is 30.5 Å². The molecule has 1 aliphatic carbocycles. The average Bonchev–Trinajstić information content (AvgIpc) is 3.54. The molecule has 1 atom stereocenters. The van der Waals surface area contributed by atoms with Crippen molar-refractivity contribution < 1.29 is 19.1 Å². The number of amides is 1. The van der Waals surface area contributed by atoms with Gasteiger partial charge in [0, 0.05) is 61.1 Å². The minimum Gasteiger partial charge on any atom is -0.379 e. The van der Waals surface area contributed by atoms with Crippen molar-refractivity contribution in [1.82, 2.24) is 15.2 Å². The molecule has 2 aromatic rings. The van der Waals surface area contributed by atoms with Gasteiger partial charge in [-0.1, -0.05) is 31.4 Å². The molecule has 1 N–H and O–H groups in total. The Balaban J connectivity index is 1.19. The number of morpholine rings is 1. The second-order valence-corrected chi connectivity index (χ2v) is 13.7. The number of hydrogen-bond acceptors (Lipinski definition) is 9. The van der Waals surface area contributed by atoms with E-state index in [0.717, 1.165) is 99.9 Å². The first-order valence-electron chi connectivity index (χ1n) is 15.4. The smallest absolute Gasteiger partial charge is 0.252 e. The number of rotatable bonds is 12. The number of carbonyl (C=O) groups excluding carboxylic acids is 3. The van der Waals surface area contributed by atoms with E-state index in [9.17, 15) is 14.4 Å². The highest BCUT2D eigenvalue weighted by atomic mass is 32.2. The molecule has 1 aromatic carbocycles. The summed E-state index contributed by atoms with van der Waals surface area (Å²) < 4.78 is 5.51. The van der Waals surface area contributed by atoms with Gasteiger partial charge in [-0.05, 0) is 56.2 Å². The van der Waals surface area contributed by atoms with E-state index in [0.29, 0.717) is 30.9 Å². The standard InChI is InChI=1S/C32H44N4O4S2/c1-41-20-11-24(22-37)21-29(38)32(12-3-2-4-13-32)34-30(39)26-7-5-25(6-8-26)28-23-42-31(33-28)36-14-9-27(10-15-36)35-16-18-40-19-17-35/h5-8,22-24,27H,2-4,9-21H2,1H3,(H,34,39)/t24-/m1/s1. The van der Waals surface area contributed by atoms with Gasteiger partial charge in [-0.3, -0.25) is 14.5 Å². The molecular formula is C32H44N4O4S2. The lowest BCUT2D eigenvalue weighted by molar-refractivity contribution is -0.129. The molecule has 2 saturated heterocycles. The number of Topliss-reactive ketones (excluding diaryl/α,β-unsaturated/α-hetero) is 1. The first-order chi connectivity index (χ1) is 20.5. The van der Waals surface area contributed by atoms with Crippen molar-refractivity contribution in [2.24, 2.45) is 5.92 Å². The summed E-state index contributed by atoms with van der Waals surface area (Å²) in [5, 5.41) is 6.27. The number of nitrogens with one attached hydrogen (secondary N) is 1. The zero-order chi connectivity index (χ0) is 29.4. The molecule has 228 valence electrons. The van der Waals surface area contributed by atoms with E-state index in [4.69, 9.17) is 9.72 Å². The molecule has 3 fully saturated rings. The van der Waals surface area contributed by atoms with Gasteiger partial charge in [0.1, 0.15) is 6.29 Å². The van der Waals surface area contributed by atoms with Crippen LogP contribution in [0.25, 0.3) is 11.3 Å². The maximum atomic E-state index is 13.5. The number of ketones is 1. The maximum Gasteiger partial charge on any atom is 0.252 e. The Morgan fingerprint density at radius 2 is 1.83 bits per heavy atom. The number of aromatic nitrogens is 1. The molecule has 5 rings (SSSR count). The summed E-state index contributed by atoms with van der Waals surface area (Å²) in [6.45, 7) is 5.79. The van der Waals surface area contributed by atoms with Crippen LogP contribution in [0.1, 0.15) is 68.1 Å². The van der Waals surface area contributed by atoms with Crippen LogP contribution in [0.4, 0.5) is 5.13 Å². The van der Waals surface area contributed by atoms with Gasteiger partial charge in [0.05, 0.1) is 24.4 Å². The number of nitrogens with zero attached hydrogens (tertiary/aromatic N) is 3. The molecule has 0 spiro atoms. The molecule has 10 heteroatoms. The van der Waals surface area contributed by atoms with E-state index in [2.05, 4.69) is 20.5 Å². The third-order valence-electron chi connectivity index (χ3n) is 9.16. The summed E-state index contributed by atoms with van der Waals surface area (Å²) in [4.78, 5) is 48.4. The molecule has 0 bridgehead atoms. The third-order valence-corrected chi connectivity index (χ3v) is 10.7. The Kier molecular flexibility index (Phi) is 11.1. The largest absolute Gasteiger partial charge is 0.379 e. The Morgan fingerprint density at radius 3 is 2.50 bits per heavy atom. The fraction of sp³-hybridized carbons (Fsp3) is 0.625. The zero-order valence-corrected chi connectivity index (χ0v) is 26.4. The van der Waals surface area contributed by atoms with Crippen molar-refractivity contribution >= 4 is 46.2 Å². The Hall–Kier alpha value is -2.27. The lowest BCUT2D eigenvalue weighted by Crippen LogP contribution is -2.56. The fourth-order valence-corrected chi connectivity index (χ4v) is 7.97. The van der Waals surface area contributed by atoms with Crippen LogP contribution < -0.4 is 10.2 Å². The molecule has 3 aliphatic rings. The van der Waals surface area contributed by atoms with Gasteiger partial charge in [0.15, 0.2) is 10.9 Å². The molecule has 8 nitrogen and oxygen atoms in total. The monoisotopic (exact) mass is 612 g/mol. The number of carbonyl (C=O) groups is 3. The van der Waals surface area contributed by atoms with Gasteiger partial charge in [-0.15, -0.1) is 11.3 Å². The van der Waals surface area contributed by atoms with Crippen LogP contribution in [0, 0.1) is 5.92 Å². The molecule has 2 aliphatic heterocycles. The first kappa shape index (κ1) is 31.2. The van der Waals surface area contributed by atoms with E-state index < -0.39 is 5.54 Å². The minimum absolute atomic E-state index is 0.00523. The van der Waals surface area contributed by atoms with Crippen LogP contribution in [0.15, 0.2) is 29.6 Å². The number of thiazole rings is 1. The second kappa shape index (κ2) is 14.9. The number of thioether (sulfide) groups is 1. The van der Waals surface area contributed by atoms with Crippen LogP contribution in [-0.2, 0) is 14.3 Å². The van der Waals surface area contributed by atoms with Crippen molar-refractivity contribution in [3.05, 3.63) is 35.2 Å². The van der Waals surface area contributed by atoms with E-state index >= 15 is 0 Å². The zero-order valence-electron chi connectivity index (χ0n) is 24.7. The van der Waals surface area contributed by atoms with E-state index in [1.165, 1.54) is 0 Å². The molecular weight excluding hydrogens is 569 g/mol. The molecule has 0 unspecified atom stereocenters. The summed E-state index contributed by atoms with van der Waals surface area (Å²) in [7, 11) is 0. The van der Waals surface area contributed by atoms with E-state index in [-0.39, 0.29) is 24.0 Å². The van der Waals surface area contributed by atoms with Crippen LogP contribution in [0.5, 0.6) is 0 Å². The lowest BCUT2D eigenvalue weighted by atomic mass is 9.75. The van der Waals surface area contributed by atoms with Crippen molar-refractivity contribution in [3.8, 4) is 11.3 Å². The van der Waals surface area contributed by atoms with Gasteiger partial charge >= 0.3 is 0 Å². The minimum atomic E-state index is -0.881. The molecule has 0 radical (unpaired) electrons. The molecule has 1 saturated carbocycles. The first-order valence-corrected chi connectivity index (χ1v) is 17.7. The predicted octanol–water partition coefficient (Wildman–Crippen LogP) is 5.07. The van der Waals surface area contributed by atoms with Crippen LogP contribution in [0.3, 0.4) is 0 Å². The van der Waals surface area contributed by atoms with Crippen molar-refractivity contribution in [2.45, 2.75) is 69.4 Å². The van der Waals surface area contributed by atoms with Gasteiger partial charge in [0.25, 0.3) is 5.91 Å². The lowest BCUT2D eigenvalue weighted by Gasteiger charge is -2.40. The molecule has 3 heterocycles. The fourth-order valence-electron chi connectivity index (χ4n) is 6.54. The summed E-state index contributed by atoms with van der Waals surface area (Å²) in [5.74, 6) is 0.315. The number of aldehydes is 1. The third kappa shape index (κ3) is 7.62. The average molecular weight is 613 g/mol. The highest BCUT2D eigenvalue weighted by Gasteiger charge is 2.41. The Bertz CT molecular complexity index is 1180. The maximum absolute atomic E-state index is 13.5. The van der Waals surface area contributed by atoms with Gasteiger partial charge in [0.2, 0.25) is 0 Å². The van der Waals surface area contributed by atoms with Crippen molar-refractivity contribution in [2.75, 3.05) is 56.3 Å². The molecule has 1 aromatic heterocycles. The van der Waals surface area contributed by atoms with Crippen LogP contribution in [-0.4, -0.2) is 90.8 Å². The highest BCUT2D eigenvalue weighted by Crippen LogP contribution is 2.33. The van der Waals surface area contributed by atoms with Crippen molar-refractivity contribution in [3.63, 3.8) is 0 Å². The number of anilines is 1. The normalized spacial score (nSPS) is 20.6. The van der Waals surface area contributed by atoms with Gasteiger partial charge in [-0.2, -0.15) is 11.8 Å². The second-order valence-electron chi connectivity index (χ2n) is 11.9. The summed E-state index contributed by atoms with van der Waals surface area (Å²) in [6, 6.07) is 8.17. The topological polar surface area (TPSA) is 91.8 Å². The van der Waals surface area contributed by atoms with E-state index in [1.54, 1.807) is 23.1 Å². The van der Waals surface area contributed by atoms with Gasteiger partial charge < -0.3 is 19.7 Å².